The number of fused-ring (bicyclic) bond motifs is 1. The second-order valence-corrected chi connectivity index (χ2v) is 12.1. The third-order valence-corrected chi connectivity index (χ3v) is 7.25. The Morgan fingerprint density at radius 3 is 2.48 bits per heavy atom. The van der Waals surface area contributed by atoms with Crippen molar-refractivity contribution in [3.05, 3.63) is 82.5 Å². The molecule has 0 aliphatic carbocycles. The molecule has 0 N–H and O–H groups in total. The van der Waals surface area contributed by atoms with Gasteiger partial charge in [0, 0.05) is 23.9 Å². The van der Waals surface area contributed by atoms with Gasteiger partial charge in [-0.25, -0.2) is 9.78 Å². The van der Waals surface area contributed by atoms with E-state index in [1.165, 1.54) is 0 Å². The standard InChI is InChI=1S/C33H37ClN4O4/c1-7-8-16-27-36-29(34)28(30(39)41-31(21(2)3)42-32(40)33(4,5)6)38(27)20-23-13-11-15-26-24(23)17-18-37(26)25-14-10-9-12-22(25)19-35/h9-15,17-18,21,31H,7-8,16,20H2,1-6H3. The number of ether oxygens (including phenoxy) is 2. The minimum atomic E-state index is -1.08. The fraction of sp³-hybridized carbons (Fsp3) is 0.394. The van der Waals surface area contributed by atoms with Crippen molar-refractivity contribution >= 4 is 34.4 Å². The van der Waals surface area contributed by atoms with Gasteiger partial charge in [-0.15, -0.1) is 0 Å². The van der Waals surface area contributed by atoms with Crippen LogP contribution in [0.5, 0.6) is 0 Å². The molecule has 9 heteroatoms. The van der Waals surface area contributed by atoms with Crippen LogP contribution in [-0.4, -0.2) is 32.3 Å². The Labute approximate surface area is 251 Å². The average Bonchev–Trinajstić information content (AvgIpc) is 3.51. The Morgan fingerprint density at radius 2 is 1.81 bits per heavy atom. The number of unbranched alkanes of at least 4 members (excludes halogenated alkanes) is 1. The number of aryl methyl sites for hydroxylation is 1. The van der Waals surface area contributed by atoms with Gasteiger partial charge in [-0.3, -0.25) is 4.79 Å². The SMILES string of the molecule is CCCCc1nc(Cl)c(C(=O)OC(OC(=O)C(C)(C)C)C(C)C)n1Cc1cccc2c1ccn2-c1ccccc1C#N. The number of hydrogen-bond acceptors (Lipinski definition) is 6. The third-order valence-electron chi connectivity index (χ3n) is 6.99. The van der Waals surface area contributed by atoms with Gasteiger partial charge in [0.15, 0.2) is 10.8 Å². The van der Waals surface area contributed by atoms with Crippen molar-refractivity contribution in [3.8, 4) is 11.8 Å². The van der Waals surface area contributed by atoms with E-state index in [1.807, 2.05) is 67.1 Å². The van der Waals surface area contributed by atoms with Crippen LogP contribution in [0.2, 0.25) is 5.15 Å². The van der Waals surface area contributed by atoms with Gasteiger partial charge in [-0.2, -0.15) is 5.26 Å². The lowest BCUT2D eigenvalue weighted by Crippen LogP contribution is -2.34. The molecule has 0 spiro atoms. The zero-order chi connectivity index (χ0) is 30.6. The highest BCUT2D eigenvalue weighted by Crippen LogP contribution is 2.29. The molecule has 0 radical (unpaired) electrons. The van der Waals surface area contributed by atoms with E-state index >= 15 is 0 Å². The monoisotopic (exact) mass is 588 g/mol. The summed E-state index contributed by atoms with van der Waals surface area (Å²) in [6, 6.07) is 17.7. The van der Waals surface area contributed by atoms with Gasteiger partial charge in [0.2, 0.25) is 6.29 Å². The fourth-order valence-corrected chi connectivity index (χ4v) is 4.90. The molecule has 1 unspecified atom stereocenters. The minimum absolute atomic E-state index is 0.0449. The maximum atomic E-state index is 13.6. The first kappa shape index (κ1) is 30.9. The van der Waals surface area contributed by atoms with E-state index < -0.39 is 23.6 Å². The summed E-state index contributed by atoms with van der Waals surface area (Å²) < 4.78 is 15.1. The molecule has 0 aliphatic heterocycles. The summed E-state index contributed by atoms with van der Waals surface area (Å²) in [5.41, 5.74) is 2.59. The molecule has 0 fully saturated rings. The van der Waals surface area contributed by atoms with E-state index in [0.717, 1.165) is 35.0 Å². The summed E-state index contributed by atoms with van der Waals surface area (Å²) in [6.07, 6.45) is 3.29. The smallest absolute Gasteiger partial charge is 0.361 e. The molecule has 2 aromatic carbocycles. The zero-order valence-electron chi connectivity index (χ0n) is 25.0. The van der Waals surface area contributed by atoms with E-state index in [2.05, 4.69) is 18.0 Å². The van der Waals surface area contributed by atoms with Crippen LogP contribution in [0.4, 0.5) is 0 Å². The second kappa shape index (κ2) is 12.8. The second-order valence-electron chi connectivity index (χ2n) is 11.7. The minimum Gasteiger partial charge on any atom is -0.424 e. The van der Waals surface area contributed by atoms with Crippen LogP contribution in [0, 0.1) is 22.7 Å². The molecule has 8 nitrogen and oxygen atoms in total. The fourth-order valence-electron chi connectivity index (χ4n) is 4.63. The number of nitriles is 1. The van der Waals surface area contributed by atoms with Gasteiger partial charge >= 0.3 is 11.9 Å². The Bertz CT molecular complexity index is 1640. The van der Waals surface area contributed by atoms with E-state index in [0.29, 0.717) is 24.4 Å². The van der Waals surface area contributed by atoms with Gasteiger partial charge in [0.05, 0.1) is 28.7 Å². The number of carbonyl (C=O) groups excluding carboxylic acids is 2. The average molecular weight is 589 g/mol. The molecule has 42 heavy (non-hydrogen) atoms. The number of aromatic nitrogens is 3. The van der Waals surface area contributed by atoms with Crippen LogP contribution in [0.15, 0.2) is 54.7 Å². The topological polar surface area (TPSA) is 99.1 Å². The van der Waals surface area contributed by atoms with Crippen LogP contribution in [0.25, 0.3) is 16.6 Å². The highest BCUT2D eigenvalue weighted by Gasteiger charge is 2.32. The van der Waals surface area contributed by atoms with Crippen LogP contribution in [-0.2, 0) is 27.2 Å². The lowest BCUT2D eigenvalue weighted by atomic mass is 9.97. The number of benzene rings is 2. The van der Waals surface area contributed by atoms with E-state index in [9.17, 15) is 14.9 Å². The number of carbonyl (C=O) groups is 2. The number of imidazole rings is 1. The van der Waals surface area contributed by atoms with E-state index in [1.54, 1.807) is 31.4 Å². The van der Waals surface area contributed by atoms with Crippen molar-refractivity contribution in [1.82, 2.24) is 14.1 Å². The lowest BCUT2D eigenvalue weighted by molar-refractivity contribution is -0.184. The van der Waals surface area contributed by atoms with E-state index in [-0.39, 0.29) is 16.8 Å². The van der Waals surface area contributed by atoms with Gasteiger partial charge in [0.1, 0.15) is 11.9 Å². The Hall–Kier alpha value is -4.09. The third kappa shape index (κ3) is 6.52. The molecule has 220 valence electrons. The molecule has 4 aromatic rings. The molecule has 2 heterocycles. The highest BCUT2D eigenvalue weighted by atomic mass is 35.5. The number of para-hydroxylation sites is 1. The predicted octanol–water partition coefficient (Wildman–Crippen LogP) is 7.47. The van der Waals surface area contributed by atoms with Gasteiger partial charge in [-0.1, -0.05) is 63.1 Å². The van der Waals surface area contributed by atoms with Crippen LogP contribution in [0.1, 0.15) is 81.8 Å². The van der Waals surface area contributed by atoms with Crippen molar-refractivity contribution in [3.63, 3.8) is 0 Å². The number of nitrogens with zero attached hydrogens (tertiary/aromatic N) is 4. The summed E-state index contributed by atoms with van der Waals surface area (Å²) in [5.74, 6) is -0.776. The van der Waals surface area contributed by atoms with Gasteiger partial charge in [-0.05, 0) is 57.0 Å². The summed E-state index contributed by atoms with van der Waals surface area (Å²) in [6.45, 7) is 11.3. The predicted molar refractivity (Wildman–Crippen MR) is 163 cm³/mol. The summed E-state index contributed by atoms with van der Waals surface area (Å²) in [5, 5.41) is 10.7. The van der Waals surface area contributed by atoms with E-state index in [4.69, 9.17) is 21.1 Å². The van der Waals surface area contributed by atoms with Crippen LogP contribution in [0.3, 0.4) is 0 Å². The van der Waals surface area contributed by atoms with Crippen molar-refractivity contribution in [2.75, 3.05) is 0 Å². The first-order valence-electron chi connectivity index (χ1n) is 14.2. The van der Waals surface area contributed by atoms with Crippen molar-refractivity contribution < 1.29 is 19.1 Å². The molecule has 0 saturated carbocycles. The number of hydrogen-bond donors (Lipinski definition) is 0. The Balaban J connectivity index is 1.74. The van der Waals surface area contributed by atoms with Gasteiger partial charge in [0.25, 0.3) is 0 Å². The molecule has 2 aromatic heterocycles. The lowest BCUT2D eigenvalue weighted by Gasteiger charge is -2.25. The summed E-state index contributed by atoms with van der Waals surface area (Å²) in [4.78, 5) is 30.8. The van der Waals surface area contributed by atoms with Gasteiger partial charge < -0.3 is 18.6 Å². The molecular formula is C33H37ClN4O4. The molecule has 0 aliphatic rings. The van der Waals surface area contributed by atoms with Crippen molar-refractivity contribution in [2.45, 2.75) is 73.6 Å². The zero-order valence-corrected chi connectivity index (χ0v) is 25.7. The number of esters is 2. The Morgan fingerprint density at radius 1 is 1.07 bits per heavy atom. The summed E-state index contributed by atoms with van der Waals surface area (Å²) in [7, 11) is 0. The van der Waals surface area contributed by atoms with Crippen LogP contribution < -0.4 is 0 Å². The van der Waals surface area contributed by atoms with Crippen LogP contribution >= 0.6 is 11.6 Å². The summed E-state index contributed by atoms with van der Waals surface area (Å²) >= 11 is 6.59. The number of rotatable bonds is 10. The molecule has 0 amide bonds. The number of halogens is 1. The quantitative estimate of drug-likeness (QED) is 0.141. The maximum Gasteiger partial charge on any atom is 0.361 e. The normalized spacial score (nSPS) is 12.4. The first-order chi connectivity index (χ1) is 20.0. The van der Waals surface area contributed by atoms with Crippen molar-refractivity contribution in [1.29, 1.82) is 5.26 Å². The molecule has 1 atom stereocenters. The molecule has 0 bridgehead atoms. The molecular weight excluding hydrogens is 552 g/mol. The molecule has 0 saturated heterocycles. The first-order valence-corrected chi connectivity index (χ1v) is 14.6. The molecule has 4 rings (SSSR count). The highest BCUT2D eigenvalue weighted by molar-refractivity contribution is 6.32. The Kier molecular flexibility index (Phi) is 9.43. The van der Waals surface area contributed by atoms with Crippen molar-refractivity contribution in [2.24, 2.45) is 11.3 Å². The maximum absolute atomic E-state index is 13.6. The largest absolute Gasteiger partial charge is 0.424 e.